The molecule has 0 amide bonds. The molecular weight excluding hydrogens is 318 g/mol. The number of aromatic nitrogens is 3. The molecule has 0 radical (unpaired) electrons. The topological polar surface area (TPSA) is 29.7 Å². The van der Waals surface area contributed by atoms with Crippen molar-refractivity contribution in [1.82, 2.24) is 9.97 Å². The lowest BCUT2D eigenvalue weighted by Crippen LogP contribution is -2.30. The third-order valence-corrected chi connectivity index (χ3v) is 5.03. The molecule has 2 heterocycles. The smallest absolute Gasteiger partial charge is 0.220 e. The predicted molar refractivity (Wildman–Crippen MR) is 106 cm³/mol. The molecule has 0 unspecified atom stereocenters. The highest BCUT2D eigenvalue weighted by Gasteiger charge is 2.18. The van der Waals surface area contributed by atoms with Gasteiger partial charge in [0, 0.05) is 24.0 Å². The Kier molecular flexibility index (Phi) is 4.00. The van der Waals surface area contributed by atoms with E-state index in [9.17, 15) is 0 Å². The van der Waals surface area contributed by atoms with E-state index < -0.39 is 0 Å². The van der Waals surface area contributed by atoms with Crippen molar-refractivity contribution in [3.05, 3.63) is 77.7 Å². The molecule has 0 aliphatic heterocycles. The molecule has 4 rings (SSSR count). The number of rotatable bonds is 2. The average molecular weight is 340 g/mol. The fraction of sp³-hybridized carbons (Fsp3) is 0.174. The lowest BCUT2D eigenvalue weighted by Gasteiger charge is -2.12. The van der Waals surface area contributed by atoms with Gasteiger partial charge < -0.3 is 0 Å². The number of pyridine rings is 1. The lowest BCUT2D eigenvalue weighted by atomic mass is 9.94. The molecule has 0 atom stereocenters. The Balaban J connectivity index is 1.98. The Labute approximate surface area is 154 Å². The molecule has 26 heavy (non-hydrogen) atoms. The van der Waals surface area contributed by atoms with Crippen molar-refractivity contribution in [3.63, 3.8) is 0 Å². The minimum Gasteiger partial charge on any atom is -0.237 e. The molecule has 0 aliphatic carbocycles. The summed E-state index contributed by atoms with van der Waals surface area (Å²) in [4.78, 5) is 8.75. The highest BCUT2D eigenvalue weighted by atomic mass is 14.9. The summed E-state index contributed by atoms with van der Waals surface area (Å²) in [6.07, 6.45) is 5.69. The Morgan fingerprint density at radius 1 is 0.885 bits per heavy atom. The van der Waals surface area contributed by atoms with Crippen LogP contribution in [0.15, 0.2) is 61.1 Å². The summed E-state index contributed by atoms with van der Waals surface area (Å²) in [7, 11) is 2.11. The Morgan fingerprint density at radius 2 is 1.65 bits per heavy atom. The lowest BCUT2D eigenvalue weighted by molar-refractivity contribution is -0.659. The molecule has 0 saturated heterocycles. The highest BCUT2D eigenvalue weighted by molar-refractivity contribution is 5.95. The van der Waals surface area contributed by atoms with Crippen LogP contribution in [0.3, 0.4) is 0 Å². The second kappa shape index (κ2) is 6.34. The van der Waals surface area contributed by atoms with Gasteiger partial charge in [0.05, 0.1) is 10.9 Å². The first-order valence-corrected chi connectivity index (χ1v) is 8.82. The maximum atomic E-state index is 4.37. The first-order chi connectivity index (χ1) is 12.5. The number of fused-ring (bicyclic) bond motifs is 1. The molecule has 2 aromatic carbocycles. The molecule has 0 N–H and O–H groups in total. The van der Waals surface area contributed by atoms with Crippen LogP contribution in [-0.2, 0) is 7.05 Å². The first-order valence-electron chi connectivity index (χ1n) is 8.82. The van der Waals surface area contributed by atoms with Crippen LogP contribution in [0.4, 0.5) is 0 Å². The molecular formula is C23H22N3+. The second-order valence-corrected chi connectivity index (χ2v) is 6.90. The van der Waals surface area contributed by atoms with E-state index in [1.807, 2.05) is 6.07 Å². The van der Waals surface area contributed by atoms with Crippen LogP contribution in [-0.4, -0.2) is 9.97 Å². The second-order valence-electron chi connectivity index (χ2n) is 6.90. The molecule has 3 nitrogen and oxygen atoms in total. The van der Waals surface area contributed by atoms with Crippen LogP contribution in [0.25, 0.3) is 33.4 Å². The van der Waals surface area contributed by atoms with Crippen molar-refractivity contribution in [2.75, 3.05) is 0 Å². The highest BCUT2D eigenvalue weighted by Crippen LogP contribution is 2.31. The molecule has 0 bridgehead atoms. The predicted octanol–water partition coefficient (Wildman–Crippen LogP) is 4.71. The molecule has 0 fully saturated rings. The van der Waals surface area contributed by atoms with Gasteiger partial charge in [-0.2, -0.15) is 0 Å². The maximum Gasteiger partial charge on any atom is 0.220 e. The number of aryl methyl sites for hydroxylation is 3. The summed E-state index contributed by atoms with van der Waals surface area (Å²) < 4.78 is 2.21. The molecule has 128 valence electrons. The first kappa shape index (κ1) is 16.4. The van der Waals surface area contributed by atoms with Gasteiger partial charge in [-0.25, -0.2) is 14.5 Å². The summed E-state index contributed by atoms with van der Waals surface area (Å²) in [5.41, 5.74) is 7.51. The Morgan fingerprint density at radius 3 is 2.42 bits per heavy atom. The minimum absolute atomic E-state index is 0.756. The normalized spacial score (nSPS) is 11.1. The molecule has 0 aliphatic rings. The standard InChI is InChI=1S/C23H22N3/c1-15-12-16(2)17(3)21(13-15)22-20-7-6-19(23-24-9-5-10-25-23)14-18(20)8-11-26(22)4/h5-14H,1-4H3/q+1. The largest absolute Gasteiger partial charge is 0.237 e. The van der Waals surface area contributed by atoms with E-state index in [0.29, 0.717) is 0 Å². The van der Waals surface area contributed by atoms with Crippen LogP contribution >= 0.6 is 0 Å². The number of benzene rings is 2. The third-order valence-electron chi connectivity index (χ3n) is 5.03. The van der Waals surface area contributed by atoms with E-state index >= 15 is 0 Å². The Bertz CT molecular complexity index is 1120. The maximum absolute atomic E-state index is 4.37. The van der Waals surface area contributed by atoms with Gasteiger partial charge in [-0.05, 0) is 61.5 Å². The van der Waals surface area contributed by atoms with Crippen molar-refractivity contribution >= 4 is 10.8 Å². The number of nitrogens with zero attached hydrogens (tertiary/aromatic N) is 3. The van der Waals surface area contributed by atoms with E-state index in [1.165, 1.54) is 38.7 Å². The summed E-state index contributed by atoms with van der Waals surface area (Å²) in [5.74, 6) is 0.756. The zero-order valence-electron chi connectivity index (χ0n) is 15.6. The van der Waals surface area contributed by atoms with Gasteiger partial charge in [0.1, 0.15) is 7.05 Å². The van der Waals surface area contributed by atoms with Crippen molar-refractivity contribution in [1.29, 1.82) is 0 Å². The quantitative estimate of drug-likeness (QED) is 0.495. The van der Waals surface area contributed by atoms with Crippen molar-refractivity contribution < 1.29 is 4.57 Å². The van der Waals surface area contributed by atoms with E-state index in [1.54, 1.807) is 12.4 Å². The van der Waals surface area contributed by atoms with Crippen molar-refractivity contribution in [2.45, 2.75) is 20.8 Å². The number of hydrogen-bond donors (Lipinski definition) is 0. The van der Waals surface area contributed by atoms with E-state index in [4.69, 9.17) is 0 Å². The van der Waals surface area contributed by atoms with Gasteiger partial charge in [0.2, 0.25) is 5.69 Å². The average Bonchev–Trinajstić information content (AvgIpc) is 2.65. The SMILES string of the molecule is Cc1cc(C)c(C)c(-c2c3ccc(-c4ncccn4)cc3cc[n+]2C)c1. The molecule has 2 aromatic heterocycles. The summed E-state index contributed by atoms with van der Waals surface area (Å²) in [6.45, 7) is 6.54. The molecule has 0 saturated carbocycles. The monoisotopic (exact) mass is 340 g/mol. The van der Waals surface area contributed by atoms with Gasteiger partial charge in [-0.3, -0.25) is 0 Å². The van der Waals surface area contributed by atoms with Crippen LogP contribution in [0.2, 0.25) is 0 Å². The summed E-state index contributed by atoms with van der Waals surface area (Å²) in [6, 6.07) is 15.0. The minimum atomic E-state index is 0.756. The number of hydrogen-bond acceptors (Lipinski definition) is 2. The molecule has 4 aromatic rings. The zero-order valence-corrected chi connectivity index (χ0v) is 15.6. The van der Waals surface area contributed by atoms with Crippen molar-refractivity contribution in [2.24, 2.45) is 7.05 Å². The molecule has 3 heteroatoms. The van der Waals surface area contributed by atoms with Crippen LogP contribution in [0.1, 0.15) is 16.7 Å². The fourth-order valence-corrected chi connectivity index (χ4v) is 3.58. The van der Waals surface area contributed by atoms with Gasteiger partial charge in [-0.15, -0.1) is 0 Å². The van der Waals surface area contributed by atoms with Crippen molar-refractivity contribution in [3.8, 4) is 22.6 Å². The zero-order chi connectivity index (χ0) is 18.3. The van der Waals surface area contributed by atoms with Gasteiger partial charge in [0.25, 0.3) is 0 Å². The van der Waals surface area contributed by atoms with Crippen LogP contribution in [0, 0.1) is 20.8 Å². The van der Waals surface area contributed by atoms with Gasteiger partial charge in [-0.1, -0.05) is 17.7 Å². The summed E-state index contributed by atoms with van der Waals surface area (Å²) in [5, 5.41) is 2.43. The van der Waals surface area contributed by atoms with Gasteiger partial charge >= 0.3 is 0 Å². The van der Waals surface area contributed by atoms with E-state index in [2.05, 4.69) is 84.9 Å². The van der Waals surface area contributed by atoms with Gasteiger partial charge in [0.15, 0.2) is 12.0 Å². The van der Waals surface area contributed by atoms with Crippen LogP contribution < -0.4 is 4.57 Å². The molecule has 0 spiro atoms. The summed E-state index contributed by atoms with van der Waals surface area (Å²) >= 11 is 0. The third kappa shape index (κ3) is 2.76. The van der Waals surface area contributed by atoms with E-state index in [-0.39, 0.29) is 0 Å². The van der Waals surface area contributed by atoms with Crippen LogP contribution in [0.5, 0.6) is 0 Å². The van der Waals surface area contributed by atoms with E-state index in [0.717, 1.165) is 11.4 Å². The fourth-order valence-electron chi connectivity index (χ4n) is 3.58. The Hall–Kier alpha value is -3.07.